The number of nitrogens with zero attached hydrogens (tertiary/aromatic N) is 2. The number of amides is 3. The van der Waals surface area contributed by atoms with E-state index >= 15 is 0 Å². The number of hydrogen-bond acceptors (Lipinski definition) is 6. The largest absolute Gasteiger partial charge is 0.433 e. The lowest BCUT2D eigenvalue weighted by molar-refractivity contribution is -0.402. The molecule has 2 aromatic rings. The summed E-state index contributed by atoms with van der Waals surface area (Å²) in [6.45, 7) is 6.14. The van der Waals surface area contributed by atoms with Gasteiger partial charge in [0.15, 0.2) is 5.76 Å². The molecule has 0 spiro atoms. The summed E-state index contributed by atoms with van der Waals surface area (Å²) in [4.78, 5) is 36.4. The van der Waals surface area contributed by atoms with E-state index in [1.165, 1.54) is 6.07 Å². The third-order valence-corrected chi connectivity index (χ3v) is 4.73. The zero-order valence-electron chi connectivity index (χ0n) is 16.9. The minimum atomic E-state index is -0.694. The van der Waals surface area contributed by atoms with Crippen molar-refractivity contribution < 1.29 is 18.9 Å². The van der Waals surface area contributed by atoms with E-state index in [1.54, 1.807) is 0 Å². The average molecular weight is 415 g/mol. The third kappa shape index (κ3) is 5.15. The van der Waals surface area contributed by atoms with Gasteiger partial charge in [-0.25, -0.2) is 4.79 Å². The molecule has 160 valence electrons. The van der Waals surface area contributed by atoms with Crippen LogP contribution in [-0.4, -0.2) is 47.4 Å². The van der Waals surface area contributed by atoms with Crippen LogP contribution in [-0.2, 0) is 6.54 Å². The smallest absolute Gasteiger partial charge is 0.395 e. The topological polar surface area (TPSA) is 130 Å². The molecule has 10 nitrogen and oxygen atoms in total. The monoisotopic (exact) mass is 415 g/mol. The Labute approximate surface area is 173 Å². The first-order chi connectivity index (χ1) is 14.3. The molecule has 1 fully saturated rings. The number of urea groups is 1. The molecule has 3 rings (SSSR count). The molecule has 0 aliphatic carbocycles. The molecule has 1 aromatic heterocycles. The molecular formula is C20H25N5O5. The van der Waals surface area contributed by atoms with Crippen molar-refractivity contribution in [2.45, 2.75) is 32.5 Å². The Bertz CT molecular complexity index is 909. The summed E-state index contributed by atoms with van der Waals surface area (Å²) in [5.41, 5.74) is 1.85. The van der Waals surface area contributed by atoms with Crippen LogP contribution in [0.5, 0.6) is 0 Å². The van der Waals surface area contributed by atoms with Crippen molar-refractivity contribution in [2.75, 3.05) is 19.6 Å². The van der Waals surface area contributed by atoms with Crippen molar-refractivity contribution in [3.8, 4) is 0 Å². The van der Waals surface area contributed by atoms with Crippen LogP contribution in [0.25, 0.3) is 0 Å². The Balaban J connectivity index is 1.61. The first-order valence-electron chi connectivity index (χ1n) is 9.74. The molecule has 2 heterocycles. The van der Waals surface area contributed by atoms with E-state index in [2.05, 4.69) is 16.0 Å². The lowest BCUT2D eigenvalue weighted by Gasteiger charge is -2.37. The van der Waals surface area contributed by atoms with Crippen molar-refractivity contribution in [1.82, 2.24) is 20.9 Å². The van der Waals surface area contributed by atoms with Gasteiger partial charge < -0.3 is 25.3 Å². The summed E-state index contributed by atoms with van der Waals surface area (Å²) in [6.07, 6.45) is 0. The van der Waals surface area contributed by atoms with E-state index in [0.29, 0.717) is 13.1 Å². The lowest BCUT2D eigenvalue weighted by atomic mass is 10.0. The van der Waals surface area contributed by atoms with E-state index in [-0.39, 0.29) is 30.4 Å². The molecular weight excluding hydrogens is 390 g/mol. The number of rotatable bonds is 6. The summed E-state index contributed by atoms with van der Waals surface area (Å²) < 4.78 is 4.89. The standard InChI is InChI=1S/C20H25N5O5/c1-13(2)23-20(27)24-10-9-21-12-16(24)15-5-3-14(4-6-15)11-22-19(26)17-7-8-18(30-17)25(28)29/h3-8,13,16,21H,9-12H2,1-2H3,(H,22,26)(H,23,27). The quantitative estimate of drug-likeness (QED) is 0.490. The fourth-order valence-corrected chi connectivity index (χ4v) is 3.25. The van der Waals surface area contributed by atoms with Crippen LogP contribution in [0.2, 0.25) is 0 Å². The fraction of sp³-hybridized carbons (Fsp3) is 0.400. The van der Waals surface area contributed by atoms with Crippen LogP contribution in [0.4, 0.5) is 10.7 Å². The number of carbonyl (C=O) groups excluding carboxylic acids is 2. The van der Waals surface area contributed by atoms with Gasteiger partial charge in [0.25, 0.3) is 5.91 Å². The minimum Gasteiger partial charge on any atom is -0.395 e. The molecule has 1 unspecified atom stereocenters. The summed E-state index contributed by atoms with van der Waals surface area (Å²) >= 11 is 0. The molecule has 1 aliphatic heterocycles. The number of furan rings is 1. The van der Waals surface area contributed by atoms with Gasteiger partial charge in [-0.2, -0.15) is 0 Å². The van der Waals surface area contributed by atoms with Crippen LogP contribution < -0.4 is 16.0 Å². The molecule has 3 amide bonds. The first-order valence-corrected chi connectivity index (χ1v) is 9.74. The van der Waals surface area contributed by atoms with Crippen LogP contribution in [0.15, 0.2) is 40.8 Å². The lowest BCUT2D eigenvalue weighted by Crippen LogP contribution is -2.53. The molecule has 0 bridgehead atoms. The Morgan fingerprint density at radius 2 is 2.00 bits per heavy atom. The second-order valence-corrected chi connectivity index (χ2v) is 7.34. The Hall–Kier alpha value is -3.40. The molecule has 1 saturated heterocycles. The number of piperazine rings is 1. The predicted molar refractivity (Wildman–Crippen MR) is 109 cm³/mol. The van der Waals surface area contributed by atoms with E-state index in [0.717, 1.165) is 23.7 Å². The Kier molecular flexibility index (Phi) is 6.68. The van der Waals surface area contributed by atoms with Crippen LogP contribution in [0.3, 0.4) is 0 Å². The predicted octanol–water partition coefficient (Wildman–Crippen LogP) is 2.18. The molecule has 1 aromatic carbocycles. The minimum absolute atomic E-state index is 0.0645. The highest BCUT2D eigenvalue weighted by Gasteiger charge is 2.28. The van der Waals surface area contributed by atoms with Crippen LogP contribution in [0.1, 0.15) is 41.6 Å². The van der Waals surface area contributed by atoms with E-state index in [4.69, 9.17) is 4.42 Å². The normalized spacial score (nSPS) is 16.4. The highest BCUT2D eigenvalue weighted by Crippen LogP contribution is 2.23. The summed E-state index contributed by atoms with van der Waals surface area (Å²) in [6, 6.07) is 9.95. The molecule has 30 heavy (non-hydrogen) atoms. The maximum atomic E-state index is 12.5. The maximum absolute atomic E-state index is 12.5. The maximum Gasteiger partial charge on any atom is 0.433 e. The molecule has 0 radical (unpaired) electrons. The van der Waals surface area contributed by atoms with Crippen molar-refractivity contribution in [2.24, 2.45) is 0 Å². The highest BCUT2D eigenvalue weighted by molar-refractivity contribution is 5.91. The van der Waals surface area contributed by atoms with E-state index < -0.39 is 16.7 Å². The van der Waals surface area contributed by atoms with Gasteiger partial charge in [0.2, 0.25) is 0 Å². The van der Waals surface area contributed by atoms with Gasteiger partial charge in [-0.3, -0.25) is 14.9 Å². The van der Waals surface area contributed by atoms with Gasteiger partial charge >= 0.3 is 11.9 Å². The Morgan fingerprint density at radius 3 is 2.63 bits per heavy atom. The van der Waals surface area contributed by atoms with Crippen molar-refractivity contribution >= 4 is 17.8 Å². The fourth-order valence-electron chi connectivity index (χ4n) is 3.25. The number of nitrogens with one attached hydrogen (secondary N) is 3. The molecule has 1 aliphatic rings. The number of benzene rings is 1. The second-order valence-electron chi connectivity index (χ2n) is 7.34. The molecule has 3 N–H and O–H groups in total. The van der Waals surface area contributed by atoms with Crippen molar-refractivity contribution in [1.29, 1.82) is 0 Å². The number of carbonyl (C=O) groups is 2. The van der Waals surface area contributed by atoms with Crippen LogP contribution in [0, 0.1) is 10.1 Å². The zero-order chi connectivity index (χ0) is 21.7. The van der Waals surface area contributed by atoms with Crippen LogP contribution >= 0.6 is 0 Å². The summed E-state index contributed by atoms with van der Waals surface area (Å²) in [7, 11) is 0. The average Bonchev–Trinajstić information content (AvgIpc) is 3.23. The van der Waals surface area contributed by atoms with Gasteiger partial charge in [0, 0.05) is 32.2 Å². The first kappa shape index (κ1) is 21.3. The summed E-state index contributed by atoms with van der Waals surface area (Å²) in [5.74, 6) is -1.12. The molecule has 0 saturated carbocycles. The van der Waals surface area contributed by atoms with E-state index in [9.17, 15) is 19.7 Å². The summed E-state index contributed by atoms with van der Waals surface area (Å²) in [5, 5.41) is 19.6. The van der Waals surface area contributed by atoms with Gasteiger partial charge in [-0.15, -0.1) is 0 Å². The van der Waals surface area contributed by atoms with Gasteiger partial charge in [-0.05, 0) is 31.0 Å². The number of nitro groups is 1. The Morgan fingerprint density at radius 1 is 1.27 bits per heavy atom. The zero-order valence-corrected chi connectivity index (χ0v) is 16.9. The third-order valence-electron chi connectivity index (χ3n) is 4.73. The SMILES string of the molecule is CC(C)NC(=O)N1CCNCC1c1ccc(CNC(=O)c2ccc([N+](=O)[O-])o2)cc1. The molecule has 10 heteroatoms. The highest BCUT2D eigenvalue weighted by atomic mass is 16.6. The van der Waals surface area contributed by atoms with Gasteiger partial charge in [-0.1, -0.05) is 24.3 Å². The van der Waals surface area contributed by atoms with Gasteiger partial charge in [0.1, 0.15) is 4.92 Å². The van der Waals surface area contributed by atoms with Gasteiger partial charge in [0.05, 0.1) is 12.1 Å². The van der Waals surface area contributed by atoms with Crippen molar-refractivity contribution in [3.63, 3.8) is 0 Å². The second kappa shape index (κ2) is 9.40. The van der Waals surface area contributed by atoms with E-state index in [1.807, 2.05) is 43.0 Å². The van der Waals surface area contributed by atoms with Crippen molar-refractivity contribution in [3.05, 3.63) is 63.4 Å². The molecule has 1 atom stereocenters. The number of hydrogen-bond donors (Lipinski definition) is 3.